The standard InChI is InChI=1S/C12H21N7O/c1-18(2)11(20)19-8-4-12(10-13,5-9-19)15-6-3-7-16-17-14/h15H,3-9H2,1-2H3. The Morgan fingerprint density at radius 2 is 2.20 bits per heavy atom. The first kappa shape index (κ1) is 16.1. The highest BCUT2D eigenvalue weighted by atomic mass is 16.2. The second-order valence-corrected chi connectivity index (χ2v) is 5.09. The molecule has 1 N–H and O–H groups in total. The van der Waals surface area contributed by atoms with Crippen LogP contribution in [0.4, 0.5) is 4.79 Å². The maximum atomic E-state index is 11.8. The van der Waals surface area contributed by atoms with Gasteiger partial charge in [0.15, 0.2) is 0 Å². The molecule has 0 unspecified atom stereocenters. The fourth-order valence-corrected chi connectivity index (χ4v) is 2.21. The van der Waals surface area contributed by atoms with Gasteiger partial charge < -0.3 is 9.80 Å². The minimum Gasteiger partial charge on any atom is -0.331 e. The summed E-state index contributed by atoms with van der Waals surface area (Å²) >= 11 is 0. The third kappa shape index (κ3) is 4.30. The Morgan fingerprint density at radius 3 is 2.70 bits per heavy atom. The summed E-state index contributed by atoms with van der Waals surface area (Å²) < 4.78 is 0. The highest BCUT2D eigenvalue weighted by Crippen LogP contribution is 2.22. The molecule has 0 aromatic heterocycles. The Morgan fingerprint density at radius 1 is 1.55 bits per heavy atom. The number of urea groups is 1. The third-order valence-corrected chi connectivity index (χ3v) is 3.45. The SMILES string of the molecule is CN(C)C(=O)N1CCC(C#N)(NCCCN=[N+]=[N-])CC1. The van der Waals surface area contributed by atoms with Gasteiger partial charge in [-0.25, -0.2) is 4.79 Å². The van der Waals surface area contributed by atoms with E-state index in [4.69, 9.17) is 5.53 Å². The Labute approximate surface area is 119 Å². The van der Waals surface area contributed by atoms with Gasteiger partial charge in [-0.2, -0.15) is 5.26 Å². The summed E-state index contributed by atoms with van der Waals surface area (Å²) in [6, 6.07) is 2.32. The lowest BCUT2D eigenvalue weighted by Gasteiger charge is -2.38. The van der Waals surface area contributed by atoms with Crippen LogP contribution in [-0.2, 0) is 0 Å². The average molecular weight is 279 g/mol. The maximum Gasteiger partial charge on any atom is 0.319 e. The van der Waals surface area contributed by atoms with Gasteiger partial charge in [0, 0.05) is 38.6 Å². The van der Waals surface area contributed by atoms with Crippen LogP contribution in [0.3, 0.4) is 0 Å². The average Bonchev–Trinajstić information content (AvgIpc) is 2.47. The number of piperidine rings is 1. The quantitative estimate of drug-likeness (QED) is 0.354. The van der Waals surface area contributed by atoms with Gasteiger partial charge in [-0.15, -0.1) is 0 Å². The number of likely N-dealkylation sites (tertiary alicyclic amines) is 1. The Bertz CT molecular complexity index is 414. The van der Waals surface area contributed by atoms with Gasteiger partial charge in [-0.3, -0.25) is 5.32 Å². The van der Waals surface area contributed by atoms with E-state index in [1.165, 1.54) is 0 Å². The van der Waals surface area contributed by atoms with Crippen molar-refractivity contribution in [1.29, 1.82) is 5.26 Å². The summed E-state index contributed by atoms with van der Waals surface area (Å²) in [4.78, 5) is 17.8. The predicted octanol–water partition coefficient (Wildman–Crippen LogP) is 1.32. The normalized spacial score (nSPS) is 16.9. The topological polar surface area (TPSA) is 108 Å². The van der Waals surface area contributed by atoms with Crippen LogP contribution in [0.5, 0.6) is 0 Å². The van der Waals surface area contributed by atoms with Crippen LogP contribution in [0, 0.1) is 11.3 Å². The lowest BCUT2D eigenvalue weighted by Crippen LogP contribution is -2.55. The molecule has 1 rings (SSSR count). The second kappa shape index (κ2) is 7.58. The number of rotatable bonds is 5. The summed E-state index contributed by atoms with van der Waals surface area (Å²) in [5, 5.41) is 16.1. The molecule has 0 aromatic carbocycles. The summed E-state index contributed by atoms with van der Waals surface area (Å²) in [6.45, 7) is 2.21. The van der Waals surface area contributed by atoms with Crippen LogP contribution in [0.25, 0.3) is 10.4 Å². The van der Waals surface area contributed by atoms with Crippen molar-refractivity contribution in [3.05, 3.63) is 10.4 Å². The minimum atomic E-state index is -0.570. The molecule has 0 spiro atoms. The van der Waals surface area contributed by atoms with Crippen LogP contribution in [0.15, 0.2) is 5.11 Å². The highest BCUT2D eigenvalue weighted by molar-refractivity contribution is 5.74. The van der Waals surface area contributed by atoms with Crippen LogP contribution in [0.2, 0.25) is 0 Å². The van der Waals surface area contributed by atoms with Gasteiger partial charge in [0.1, 0.15) is 5.54 Å². The molecular formula is C12H21N7O. The van der Waals surface area contributed by atoms with Crippen molar-refractivity contribution in [3.8, 4) is 6.07 Å². The molecule has 1 saturated heterocycles. The van der Waals surface area contributed by atoms with Gasteiger partial charge in [0.05, 0.1) is 6.07 Å². The number of carbonyl (C=O) groups is 1. The zero-order valence-electron chi connectivity index (χ0n) is 12.0. The zero-order chi connectivity index (χ0) is 15.0. The van der Waals surface area contributed by atoms with E-state index < -0.39 is 5.54 Å². The molecule has 8 heteroatoms. The van der Waals surface area contributed by atoms with Gasteiger partial charge >= 0.3 is 6.03 Å². The first-order chi connectivity index (χ1) is 9.54. The van der Waals surface area contributed by atoms with E-state index in [0.717, 1.165) is 0 Å². The van der Waals surface area contributed by atoms with Crippen molar-refractivity contribution in [2.75, 3.05) is 40.3 Å². The number of amides is 2. The van der Waals surface area contributed by atoms with Gasteiger partial charge in [-0.1, -0.05) is 5.11 Å². The number of nitrogens with one attached hydrogen (secondary N) is 1. The lowest BCUT2D eigenvalue weighted by atomic mass is 9.89. The molecule has 2 amide bonds. The van der Waals surface area contributed by atoms with E-state index in [1.54, 1.807) is 23.9 Å². The van der Waals surface area contributed by atoms with Gasteiger partial charge in [0.25, 0.3) is 0 Å². The zero-order valence-corrected chi connectivity index (χ0v) is 12.0. The molecule has 1 fully saturated rings. The molecule has 0 atom stereocenters. The van der Waals surface area contributed by atoms with Gasteiger partial charge in [0.2, 0.25) is 0 Å². The molecule has 8 nitrogen and oxygen atoms in total. The Balaban J connectivity index is 2.44. The molecular weight excluding hydrogens is 258 g/mol. The monoisotopic (exact) mass is 279 g/mol. The minimum absolute atomic E-state index is 0.0140. The van der Waals surface area contributed by atoms with Crippen molar-refractivity contribution in [2.24, 2.45) is 5.11 Å². The maximum absolute atomic E-state index is 11.8. The van der Waals surface area contributed by atoms with Crippen molar-refractivity contribution >= 4 is 6.03 Å². The number of hydrogen-bond acceptors (Lipinski definition) is 4. The van der Waals surface area contributed by atoms with E-state index in [0.29, 0.717) is 45.4 Å². The molecule has 110 valence electrons. The number of nitrogens with zero attached hydrogens (tertiary/aromatic N) is 6. The summed E-state index contributed by atoms with van der Waals surface area (Å²) in [5.41, 5.74) is 7.61. The largest absolute Gasteiger partial charge is 0.331 e. The first-order valence-electron chi connectivity index (χ1n) is 6.68. The van der Waals surface area contributed by atoms with E-state index in [1.807, 2.05) is 0 Å². The lowest BCUT2D eigenvalue weighted by molar-refractivity contribution is 0.141. The van der Waals surface area contributed by atoms with Crippen molar-refractivity contribution < 1.29 is 4.79 Å². The molecule has 20 heavy (non-hydrogen) atoms. The molecule has 1 heterocycles. The number of nitriles is 1. The van der Waals surface area contributed by atoms with Crippen LogP contribution in [0.1, 0.15) is 19.3 Å². The summed E-state index contributed by atoms with van der Waals surface area (Å²) in [6.07, 6.45) is 1.93. The third-order valence-electron chi connectivity index (χ3n) is 3.45. The number of hydrogen-bond donors (Lipinski definition) is 1. The molecule has 1 aliphatic rings. The second-order valence-electron chi connectivity index (χ2n) is 5.09. The summed E-state index contributed by atoms with van der Waals surface area (Å²) in [5.74, 6) is 0. The van der Waals surface area contributed by atoms with Crippen molar-refractivity contribution in [3.63, 3.8) is 0 Å². The smallest absolute Gasteiger partial charge is 0.319 e. The number of carbonyl (C=O) groups excluding carboxylic acids is 1. The molecule has 0 saturated carbocycles. The Kier molecular flexibility index (Phi) is 6.10. The van der Waals surface area contributed by atoms with E-state index in [-0.39, 0.29) is 6.03 Å². The van der Waals surface area contributed by atoms with Crippen LogP contribution in [-0.4, -0.2) is 61.6 Å². The molecule has 1 aliphatic heterocycles. The fraction of sp³-hybridized carbons (Fsp3) is 0.833. The Hall–Kier alpha value is -1.97. The molecule has 0 bridgehead atoms. The molecule has 0 aromatic rings. The van der Waals surface area contributed by atoms with Crippen molar-refractivity contribution in [1.82, 2.24) is 15.1 Å². The predicted molar refractivity (Wildman–Crippen MR) is 74.9 cm³/mol. The van der Waals surface area contributed by atoms with Gasteiger partial charge in [-0.05, 0) is 31.3 Å². The highest BCUT2D eigenvalue weighted by Gasteiger charge is 2.35. The molecule has 0 radical (unpaired) electrons. The molecule has 0 aliphatic carbocycles. The van der Waals surface area contributed by atoms with E-state index in [2.05, 4.69) is 21.4 Å². The van der Waals surface area contributed by atoms with Crippen LogP contribution >= 0.6 is 0 Å². The fourth-order valence-electron chi connectivity index (χ4n) is 2.21. The van der Waals surface area contributed by atoms with E-state index in [9.17, 15) is 10.1 Å². The summed E-state index contributed by atoms with van der Waals surface area (Å²) in [7, 11) is 3.45. The van der Waals surface area contributed by atoms with Crippen molar-refractivity contribution in [2.45, 2.75) is 24.8 Å². The first-order valence-corrected chi connectivity index (χ1v) is 6.68. The van der Waals surface area contributed by atoms with E-state index >= 15 is 0 Å². The van der Waals surface area contributed by atoms with Crippen LogP contribution < -0.4 is 5.32 Å². The number of azide groups is 1.